The van der Waals surface area contributed by atoms with Crippen LogP contribution < -0.4 is 10.2 Å². The molecule has 1 heterocycles. The molecule has 0 spiro atoms. The lowest BCUT2D eigenvalue weighted by molar-refractivity contribution is -0.138. The number of carbonyl (C=O) groups excluding carboxylic acids is 1. The van der Waals surface area contributed by atoms with Crippen molar-refractivity contribution in [3.05, 3.63) is 29.3 Å². The number of carboxylic acid groups (broad SMARTS) is 1. The summed E-state index contributed by atoms with van der Waals surface area (Å²) in [4.78, 5) is 26.2. The molecule has 1 aromatic rings. The number of piperazine rings is 1. The third-order valence-electron chi connectivity index (χ3n) is 3.35. The number of carboxylic acids is 1. The fourth-order valence-corrected chi connectivity index (χ4v) is 2.45. The molecule has 6 nitrogen and oxygen atoms in total. The minimum atomic E-state index is -1.03. The number of nitrogens with one attached hydrogen (secondary N) is 1. The number of carbonyl (C=O) groups is 2. The van der Waals surface area contributed by atoms with Gasteiger partial charge >= 0.3 is 5.97 Å². The van der Waals surface area contributed by atoms with E-state index in [0.29, 0.717) is 5.02 Å². The quantitative estimate of drug-likeness (QED) is 0.836. The monoisotopic (exact) mass is 311 g/mol. The van der Waals surface area contributed by atoms with Crippen LogP contribution in [0.4, 0.5) is 5.69 Å². The zero-order valence-electron chi connectivity index (χ0n) is 11.6. The summed E-state index contributed by atoms with van der Waals surface area (Å²) in [5.41, 5.74) is 1.08. The zero-order valence-corrected chi connectivity index (χ0v) is 12.3. The third-order valence-corrected chi connectivity index (χ3v) is 3.58. The molecule has 0 aromatic heterocycles. The summed E-state index contributed by atoms with van der Waals surface area (Å²) in [6.07, 6.45) is 0. The average Bonchev–Trinajstić information content (AvgIpc) is 2.46. The van der Waals surface area contributed by atoms with Crippen LogP contribution >= 0.6 is 11.6 Å². The van der Waals surface area contributed by atoms with E-state index in [2.05, 4.69) is 10.2 Å². The maximum absolute atomic E-state index is 11.6. The van der Waals surface area contributed by atoms with Gasteiger partial charge in [-0.2, -0.15) is 0 Å². The Morgan fingerprint density at radius 3 is 2.57 bits per heavy atom. The number of nitrogens with zero attached hydrogens (tertiary/aromatic N) is 2. The van der Waals surface area contributed by atoms with Crippen molar-refractivity contribution in [2.45, 2.75) is 0 Å². The smallest absolute Gasteiger partial charge is 0.322 e. The summed E-state index contributed by atoms with van der Waals surface area (Å²) in [5, 5.41) is 11.6. The van der Waals surface area contributed by atoms with Crippen molar-refractivity contribution in [2.24, 2.45) is 0 Å². The van der Waals surface area contributed by atoms with Crippen LogP contribution in [0.25, 0.3) is 0 Å². The van der Waals surface area contributed by atoms with Crippen molar-refractivity contribution in [3.8, 4) is 0 Å². The van der Waals surface area contributed by atoms with Crippen molar-refractivity contribution in [3.63, 3.8) is 0 Å². The summed E-state index contributed by atoms with van der Waals surface area (Å²) in [7, 11) is 0. The second-order valence-electron chi connectivity index (χ2n) is 4.91. The SMILES string of the molecule is O=C(O)CNC(=O)CN1CCN(c2cccc(Cl)c2)CC1. The van der Waals surface area contributed by atoms with Crippen LogP contribution in [0.1, 0.15) is 0 Å². The van der Waals surface area contributed by atoms with Gasteiger partial charge in [0.25, 0.3) is 0 Å². The molecular weight excluding hydrogens is 294 g/mol. The van der Waals surface area contributed by atoms with Crippen molar-refractivity contribution in [2.75, 3.05) is 44.2 Å². The molecule has 1 aromatic carbocycles. The topological polar surface area (TPSA) is 72.9 Å². The molecule has 114 valence electrons. The van der Waals surface area contributed by atoms with Crippen molar-refractivity contribution in [1.29, 1.82) is 0 Å². The lowest BCUT2D eigenvalue weighted by Crippen LogP contribution is -2.49. The van der Waals surface area contributed by atoms with Gasteiger partial charge in [0.15, 0.2) is 0 Å². The number of hydrogen-bond donors (Lipinski definition) is 2. The first kappa shape index (κ1) is 15.6. The highest BCUT2D eigenvalue weighted by Gasteiger charge is 2.19. The molecular formula is C14H18ClN3O3. The predicted molar refractivity (Wildman–Crippen MR) is 80.8 cm³/mol. The Balaban J connectivity index is 1.78. The number of halogens is 1. The lowest BCUT2D eigenvalue weighted by Gasteiger charge is -2.35. The number of amides is 1. The minimum absolute atomic E-state index is 0.233. The maximum Gasteiger partial charge on any atom is 0.322 e. The van der Waals surface area contributed by atoms with Gasteiger partial charge in [-0.25, -0.2) is 0 Å². The molecule has 0 unspecified atom stereocenters. The highest BCUT2D eigenvalue weighted by atomic mass is 35.5. The van der Waals surface area contributed by atoms with Gasteiger partial charge in [-0.05, 0) is 18.2 Å². The van der Waals surface area contributed by atoms with Gasteiger partial charge in [0, 0.05) is 36.9 Å². The number of hydrogen-bond acceptors (Lipinski definition) is 4. The molecule has 1 aliphatic heterocycles. The zero-order chi connectivity index (χ0) is 15.2. The number of rotatable bonds is 5. The Morgan fingerprint density at radius 1 is 1.24 bits per heavy atom. The second-order valence-corrected chi connectivity index (χ2v) is 5.35. The first-order valence-electron chi connectivity index (χ1n) is 6.76. The van der Waals surface area contributed by atoms with E-state index in [9.17, 15) is 9.59 Å². The van der Waals surface area contributed by atoms with E-state index in [1.807, 2.05) is 29.2 Å². The summed E-state index contributed by atoms with van der Waals surface area (Å²) in [5.74, 6) is -1.29. The van der Waals surface area contributed by atoms with Crippen molar-refractivity contribution in [1.82, 2.24) is 10.2 Å². The second kappa shape index (κ2) is 7.28. The Labute approximate surface area is 128 Å². The van der Waals surface area contributed by atoms with E-state index in [4.69, 9.17) is 16.7 Å². The average molecular weight is 312 g/mol. The largest absolute Gasteiger partial charge is 0.480 e. The van der Waals surface area contributed by atoms with Gasteiger partial charge < -0.3 is 15.3 Å². The molecule has 1 aliphatic rings. The van der Waals surface area contributed by atoms with Crippen LogP contribution in [0.5, 0.6) is 0 Å². The Hall–Kier alpha value is -1.79. The molecule has 0 aliphatic carbocycles. The van der Waals surface area contributed by atoms with Crippen LogP contribution in [-0.4, -0.2) is 61.2 Å². The van der Waals surface area contributed by atoms with E-state index < -0.39 is 5.97 Å². The molecule has 2 rings (SSSR count). The van der Waals surface area contributed by atoms with Gasteiger partial charge in [0.2, 0.25) is 5.91 Å². The van der Waals surface area contributed by atoms with E-state index in [0.717, 1.165) is 31.9 Å². The third kappa shape index (κ3) is 4.91. The molecule has 21 heavy (non-hydrogen) atoms. The summed E-state index contributed by atoms with van der Waals surface area (Å²) in [6.45, 7) is 3.04. The van der Waals surface area contributed by atoms with E-state index in [-0.39, 0.29) is 19.0 Å². The summed E-state index contributed by atoms with van der Waals surface area (Å²) >= 11 is 5.98. The minimum Gasteiger partial charge on any atom is -0.480 e. The molecule has 1 fully saturated rings. The lowest BCUT2D eigenvalue weighted by atomic mass is 10.2. The first-order chi connectivity index (χ1) is 10.0. The van der Waals surface area contributed by atoms with E-state index >= 15 is 0 Å². The number of aliphatic carboxylic acids is 1. The molecule has 0 radical (unpaired) electrons. The predicted octanol–water partition coefficient (Wildman–Crippen LogP) is 0.663. The summed E-state index contributed by atoms with van der Waals surface area (Å²) < 4.78 is 0. The van der Waals surface area contributed by atoms with E-state index in [1.165, 1.54) is 0 Å². The van der Waals surface area contributed by atoms with E-state index in [1.54, 1.807) is 0 Å². The van der Waals surface area contributed by atoms with Crippen LogP contribution in [0.3, 0.4) is 0 Å². The highest BCUT2D eigenvalue weighted by molar-refractivity contribution is 6.30. The van der Waals surface area contributed by atoms with Gasteiger partial charge in [0.05, 0.1) is 6.54 Å². The fourth-order valence-electron chi connectivity index (χ4n) is 2.27. The Kier molecular flexibility index (Phi) is 5.41. The molecule has 0 atom stereocenters. The van der Waals surface area contributed by atoms with Crippen molar-refractivity contribution >= 4 is 29.2 Å². The van der Waals surface area contributed by atoms with Crippen LogP contribution in [0, 0.1) is 0 Å². The molecule has 7 heteroatoms. The Morgan fingerprint density at radius 2 is 1.95 bits per heavy atom. The molecule has 1 saturated heterocycles. The highest BCUT2D eigenvalue weighted by Crippen LogP contribution is 2.20. The number of benzene rings is 1. The number of anilines is 1. The van der Waals surface area contributed by atoms with Gasteiger partial charge in [-0.15, -0.1) is 0 Å². The standard InChI is InChI=1S/C14H18ClN3O3/c15-11-2-1-3-12(8-11)18-6-4-17(5-7-18)10-13(19)16-9-14(20)21/h1-3,8H,4-7,9-10H2,(H,16,19)(H,20,21). The van der Waals surface area contributed by atoms with Crippen LogP contribution in [0.15, 0.2) is 24.3 Å². The summed E-state index contributed by atoms with van der Waals surface area (Å²) in [6, 6.07) is 7.70. The van der Waals surface area contributed by atoms with Crippen molar-refractivity contribution < 1.29 is 14.7 Å². The van der Waals surface area contributed by atoms with Gasteiger partial charge in [-0.3, -0.25) is 14.5 Å². The normalized spacial score (nSPS) is 15.8. The van der Waals surface area contributed by atoms with Crippen LogP contribution in [0.2, 0.25) is 5.02 Å². The molecule has 2 N–H and O–H groups in total. The maximum atomic E-state index is 11.6. The molecule has 0 saturated carbocycles. The molecule has 0 bridgehead atoms. The fraction of sp³-hybridized carbons (Fsp3) is 0.429. The van der Waals surface area contributed by atoms with Gasteiger partial charge in [-0.1, -0.05) is 17.7 Å². The first-order valence-corrected chi connectivity index (χ1v) is 7.14. The van der Waals surface area contributed by atoms with Gasteiger partial charge in [0.1, 0.15) is 6.54 Å². The molecule has 1 amide bonds. The van der Waals surface area contributed by atoms with Crippen LogP contribution in [-0.2, 0) is 9.59 Å². The Bertz CT molecular complexity index is 516.